The number of benzene rings is 1. The molecule has 20 heavy (non-hydrogen) atoms. The van der Waals surface area contributed by atoms with Gasteiger partial charge in [-0.2, -0.15) is 0 Å². The number of carbonyl (C=O) groups is 2. The molecule has 0 saturated carbocycles. The van der Waals surface area contributed by atoms with Gasteiger partial charge in [-0.15, -0.1) is 0 Å². The summed E-state index contributed by atoms with van der Waals surface area (Å²) in [6.45, 7) is 2.61. The van der Waals surface area contributed by atoms with Gasteiger partial charge in [0, 0.05) is 25.7 Å². The first-order valence-corrected chi connectivity index (χ1v) is 8.40. The van der Waals surface area contributed by atoms with Crippen molar-refractivity contribution >= 4 is 65.2 Å². The lowest BCUT2D eigenvalue weighted by Crippen LogP contribution is -2.25. The first-order chi connectivity index (χ1) is 9.43. The number of carbonyl (C=O) groups excluding carboxylic acids is 2. The standard InChI is InChI=1S/C13H12Br3NO3/c1-2-20-13(19)8-5-17(6-11(8)18)7-3-9(14)12(16)10(15)4-7/h3-4,8H,2,5-6H2,1H3. The zero-order valence-corrected chi connectivity index (χ0v) is 15.4. The van der Waals surface area contributed by atoms with E-state index in [4.69, 9.17) is 4.74 Å². The fraction of sp³-hybridized carbons (Fsp3) is 0.385. The summed E-state index contributed by atoms with van der Waals surface area (Å²) in [5.74, 6) is -1.22. The second-order valence-electron chi connectivity index (χ2n) is 4.37. The first kappa shape index (κ1) is 16.0. The number of hydrogen-bond acceptors (Lipinski definition) is 4. The molecule has 0 amide bonds. The van der Waals surface area contributed by atoms with Crippen LogP contribution in [0.25, 0.3) is 0 Å². The maximum Gasteiger partial charge on any atom is 0.318 e. The normalized spacial score (nSPS) is 18.5. The molecule has 1 aliphatic rings. The Labute approximate surface area is 142 Å². The van der Waals surface area contributed by atoms with Crippen LogP contribution >= 0.6 is 47.8 Å². The van der Waals surface area contributed by atoms with Crippen LogP contribution in [0.4, 0.5) is 5.69 Å². The van der Waals surface area contributed by atoms with Gasteiger partial charge in [-0.3, -0.25) is 9.59 Å². The zero-order valence-electron chi connectivity index (χ0n) is 10.7. The average Bonchev–Trinajstić information content (AvgIpc) is 2.78. The summed E-state index contributed by atoms with van der Waals surface area (Å²) in [5, 5.41) is 0. The van der Waals surface area contributed by atoms with Crippen molar-refractivity contribution in [3.63, 3.8) is 0 Å². The summed E-state index contributed by atoms with van der Waals surface area (Å²) in [4.78, 5) is 25.5. The highest BCUT2D eigenvalue weighted by Gasteiger charge is 2.37. The molecule has 1 aromatic rings. The number of halogens is 3. The molecule has 0 aromatic heterocycles. The molecule has 7 heteroatoms. The Morgan fingerprint density at radius 2 is 1.95 bits per heavy atom. The number of ketones is 1. The summed E-state index contributed by atoms with van der Waals surface area (Å²) in [6.07, 6.45) is 0. The molecular weight excluding hydrogens is 458 g/mol. The fourth-order valence-corrected chi connectivity index (χ4v) is 3.45. The van der Waals surface area contributed by atoms with E-state index in [2.05, 4.69) is 47.8 Å². The highest BCUT2D eigenvalue weighted by atomic mass is 79.9. The van der Waals surface area contributed by atoms with E-state index in [1.807, 2.05) is 17.0 Å². The fourth-order valence-electron chi connectivity index (χ4n) is 2.06. The van der Waals surface area contributed by atoms with Gasteiger partial charge in [0.25, 0.3) is 0 Å². The highest BCUT2D eigenvalue weighted by Crippen LogP contribution is 2.36. The van der Waals surface area contributed by atoms with Crippen LogP contribution < -0.4 is 4.90 Å². The van der Waals surface area contributed by atoms with Crippen molar-refractivity contribution in [1.82, 2.24) is 0 Å². The molecule has 1 aliphatic heterocycles. The molecule has 2 rings (SSSR count). The summed E-state index contributed by atoms with van der Waals surface area (Å²) in [7, 11) is 0. The number of anilines is 1. The number of rotatable bonds is 3. The summed E-state index contributed by atoms with van der Waals surface area (Å²) in [6, 6.07) is 3.82. The van der Waals surface area contributed by atoms with Gasteiger partial charge in [-0.05, 0) is 66.8 Å². The largest absolute Gasteiger partial charge is 0.465 e. The van der Waals surface area contributed by atoms with Crippen molar-refractivity contribution in [3.05, 3.63) is 25.6 Å². The number of nitrogens with zero attached hydrogens (tertiary/aromatic N) is 1. The minimum Gasteiger partial charge on any atom is -0.465 e. The van der Waals surface area contributed by atoms with Gasteiger partial charge in [-0.1, -0.05) is 0 Å². The molecule has 1 fully saturated rings. The van der Waals surface area contributed by atoms with E-state index < -0.39 is 11.9 Å². The molecule has 0 bridgehead atoms. The molecule has 1 saturated heterocycles. The number of hydrogen-bond donors (Lipinski definition) is 0. The average molecular weight is 470 g/mol. The predicted octanol–water partition coefficient (Wildman–Crippen LogP) is 3.54. The predicted molar refractivity (Wildman–Crippen MR) is 86.9 cm³/mol. The third-order valence-electron chi connectivity index (χ3n) is 3.04. The van der Waals surface area contributed by atoms with Crippen LogP contribution in [-0.2, 0) is 14.3 Å². The van der Waals surface area contributed by atoms with Crippen molar-refractivity contribution in [2.75, 3.05) is 24.6 Å². The van der Waals surface area contributed by atoms with E-state index in [0.29, 0.717) is 6.54 Å². The van der Waals surface area contributed by atoms with Crippen molar-refractivity contribution in [2.45, 2.75) is 6.92 Å². The maximum absolute atomic E-state index is 11.9. The van der Waals surface area contributed by atoms with Gasteiger partial charge >= 0.3 is 5.97 Å². The van der Waals surface area contributed by atoms with Crippen molar-refractivity contribution in [1.29, 1.82) is 0 Å². The van der Waals surface area contributed by atoms with Gasteiger partial charge in [0.15, 0.2) is 5.78 Å². The van der Waals surface area contributed by atoms with Gasteiger partial charge in [0.05, 0.1) is 13.2 Å². The SMILES string of the molecule is CCOC(=O)C1CN(c2cc(Br)c(Br)c(Br)c2)CC1=O. The summed E-state index contributed by atoms with van der Waals surface area (Å²) in [5.41, 5.74) is 0.882. The lowest BCUT2D eigenvalue weighted by molar-refractivity contribution is -0.149. The van der Waals surface area contributed by atoms with Crippen LogP contribution in [0, 0.1) is 5.92 Å². The smallest absolute Gasteiger partial charge is 0.318 e. The Bertz CT molecular complexity index is 539. The molecule has 1 unspecified atom stereocenters. The third-order valence-corrected chi connectivity index (χ3v) is 6.21. The number of esters is 1. The second kappa shape index (κ2) is 6.58. The molecule has 0 radical (unpaired) electrons. The minimum absolute atomic E-state index is 0.0985. The van der Waals surface area contributed by atoms with Crippen molar-refractivity contribution in [2.24, 2.45) is 5.92 Å². The Morgan fingerprint density at radius 1 is 1.35 bits per heavy atom. The Balaban J connectivity index is 2.20. The third kappa shape index (κ3) is 3.26. The second-order valence-corrected chi connectivity index (χ2v) is 6.88. The van der Waals surface area contributed by atoms with Gasteiger partial charge < -0.3 is 9.64 Å². The Morgan fingerprint density at radius 3 is 2.50 bits per heavy atom. The van der Waals surface area contributed by atoms with Crippen molar-refractivity contribution in [3.8, 4) is 0 Å². The molecule has 1 atom stereocenters. The van der Waals surface area contributed by atoms with E-state index in [9.17, 15) is 9.59 Å². The molecule has 0 aliphatic carbocycles. The van der Waals surface area contributed by atoms with E-state index in [1.165, 1.54) is 0 Å². The van der Waals surface area contributed by atoms with E-state index in [-0.39, 0.29) is 18.9 Å². The summed E-state index contributed by atoms with van der Waals surface area (Å²) < 4.78 is 7.61. The number of ether oxygens (including phenoxy) is 1. The highest BCUT2D eigenvalue weighted by molar-refractivity contribution is 9.14. The maximum atomic E-state index is 11.9. The molecule has 0 spiro atoms. The molecule has 4 nitrogen and oxygen atoms in total. The molecule has 1 heterocycles. The lowest BCUT2D eigenvalue weighted by Gasteiger charge is -2.18. The van der Waals surface area contributed by atoms with E-state index in [0.717, 1.165) is 19.1 Å². The van der Waals surface area contributed by atoms with Crippen LogP contribution in [0.3, 0.4) is 0 Å². The van der Waals surface area contributed by atoms with Crippen LogP contribution in [0.2, 0.25) is 0 Å². The molecule has 0 N–H and O–H groups in total. The van der Waals surface area contributed by atoms with Crippen molar-refractivity contribution < 1.29 is 14.3 Å². The van der Waals surface area contributed by atoms with Gasteiger partial charge in [0.2, 0.25) is 0 Å². The van der Waals surface area contributed by atoms with Crippen LogP contribution in [0.1, 0.15) is 6.92 Å². The monoisotopic (exact) mass is 467 g/mol. The minimum atomic E-state index is -0.684. The van der Waals surface area contributed by atoms with E-state index in [1.54, 1.807) is 6.92 Å². The zero-order chi connectivity index (χ0) is 14.9. The van der Waals surface area contributed by atoms with Gasteiger partial charge in [-0.25, -0.2) is 0 Å². The molecular formula is C13H12Br3NO3. The van der Waals surface area contributed by atoms with Crippen LogP contribution in [0.5, 0.6) is 0 Å². The molecule has 1 aromatic carbocycles. The quantitative estimate of drug-likeness (QED) is 0.386. The van der Waals surface area contributed by atoms with Crippen LogP contribution in [-0.4, -0.2) is 31.4 Å². The van der Waals surface area contributed by atoms with Gasteiger partial charge in [0.1, 0.15) is 5.92 Å². The Kier molecular flexibility index (Phi) is 5.25. The molecule has 108 valence electrons. The van der Waals surface area contributed by atoms with Crippen LogP contribution in [0.15, 0.2) is 25.6 Å². The first-order valence-electron chi connectivity index (χ1n) is 6.03. The van der Waals surface area contributed by atoms with E-state index >= 15 is 0 Å². The Hall–Kier alpha value is -0.400. The summed E-state index contributed by atoms with van der Waals surface area (Å²) >= 11 is 10.3. The lowest BCUT2D eigenvalue weighted by atomic mass is 10.1. The number of Topliss-reactive ketones (excluding diaryl/α,β-unsaturated/α-hetero) is 1. The topological polar surface area (TPSA) is 46.6 Å².